The van der Waals surface area contributed by atoms with E-state index in [4.69, 9.17) is 4.74 Å². The van der Waals surface area contributed by atoms with Crippen molar-refractivity contribution in [2.45, 2.75) is 44.2 Å². The summed E-state index contributed by atoms with van der Waals surface area (Å²) < 4.78 is 5.42. The quantitative estimate of drug-likeness (QED) is 0.368. The molecule has 1 aromatic carbocycles. The third-order valence-corrected chi connectivity index (χ3v) is 8.16. The molecule has 202 valence electrons. The second-order valence-electron chi connectivity index (χ2n) is 10.4. The maximum Gasteiger partial charge on any atom is 0.271 e. The van der Waals surface area contributed by atoms with Crippen molar-refractivity contribution >= 4 is 34.4 Å². The number of likely N-dealkylation sites (tertiary alicyclic amines) is 1. The smallest absolute Gasteiger partial charge is 0.271 e. The number of rotatable bonds is 9. The van der Waals surface area contributed by atoms with Crippen LogP contribution in [-0.4, -0.2) is 77.4 Å². The number of amides is 3. The van der Waals surface area contributed by atoms with Crippen LogP contribution in [0.3, 0.4) is 0 Å². The van der Waals surface area contributed by atoms with Gasteiger partial charge in [0.05, 0.1) is 13.2 Å². The lowest BCUT2D eigenvalue weighted by Gasteiger charge is -2.29. The Morgan fingerprint density at radius 1 is 1.29 bits per heavy atom. The summed E-state index contributed by atoms with van der Waals surface area (Å²) >= 11 is 0. The molecule has 10 nitrogen and oxygen atoms in total. The zero-order chi connectivity index (χ0) is 26.8. The Morgan fingerprint density at radius 2 is 2.13 bits per heavy atom. The first-order valence-corrected chi connectivity index (χ1v) is 13.3. The molecule has 2 fully saturated rings. The Morgan fingerprint density at radius 3 is 2.89 bits per heavy atom. The zero-order valence-corrected chi connectivity index (χ0v) is 21.4. The maximum atomic E-state index is 13.7. The molecule has 3 heterocycles. The van der Waals surface area contributed by atoms with Crippen molar-refractivity contribution in [3.63, 3.8) is 0 Å². The van der Waals surface area contributed by atoms with Crippen LogP contribution in [0.2, 0.25) is 0 Å². The van der Waals surface area contributed by atoms with Gasteiger partial charge in [0, 0.05) is 35.8 Å². The summed E-state index contributed by atoms with van der Waals surface area (Å²) in [7, 11) is 1.57. The van der Waals surface area contributed by atoms with Gasteiger partial charge in [-0.2, -0.15) is 0 Å². The molecule has 0 unspecified atom stereocenters. The molecule has 3 amide bonds. The summed E-state index contributed by atoms with van der Waals surface area (Å²) in [6, 6.07) is 5.57. The molecule has 3 aliphatic rings. The molecule has 38 heavy (non-hydrogen) atoms. The Balaban J connectivity index is 1.35. The minimum atomic E-state index is -0.926. The van der Waals surface area contributed by atoms with Crippen LogP contribution in [0.4, 0.5) is 0 Å². The third kappa shape index (κ3) is 4.92. The summed E-state index contributed by atoms with van der Waals surface area (Å²) in [6.45, 7) is 0.335. The van der Waals surface area contributed by atoms with Crippen molar-refractivity contribution in [2.75, 3.05) is 26.8 Å². The average Bonchev–Trinajstić information content (AvgIpc) is 3.65. The van der Waals surface area contributed by atoms with Crippen molar-refractivity contribution in [1.29, 1.82) is 0 Å². The number of methoxy groups -OCH3 is 1. The first-order chi connectivity index (χ1) is 18.4. The number of nitrogens with zero attached hydrogens (tertiary/aromatic N) is 1. The van der Waals surface area contributed by atoms with Crippen LogP contribution in [0.5, 0.6) is 5.75 Å². The number of ketones is 1. The van der Waals surface area contributed by atoms with Gasteiger partial charge in [-0.3, -0.25) is 19.2 Å². The number of nitrogens with one attached hydrogen (secondary N) is 3. The van der Waals surface area contributed by atoms with Gasteiger partial charge in [-0.05, 0) is 56.2 Å². The van der Waals surface area contributed by atoms with Crippen molar-refractivity contribution < 1.29 is 29.0 Å². The van der Waals surface area contributed by atoms with Crippen LogP contribution in [0.15, 0.2) is 36.4 Å². The van der Waals surface area contributed by atoms with E-state index in [9.17, 15) is 24.3 Å². The highest BCUT2D eigenvalue weighted by atomic mass is 16.5. The Bertz CT molecular complexity index is 1270. The van der Waals surface area contributed by atoms with Crippen LogP contribution < -0.4 is 15.4 Å². The largest absolute Gasteiger partial charge is 0.496 e. The molecule has 5 rings (SSSR count). The summed E-state index contributed by atoms with van der Waals surface area (Å²) in [6.07, 6.45) is 7.02. The predicted molar refractivity (Wildman–Crippen MR) is 139 cm³/mol. The summed E-state index contributed by atoms with van der Waals surface area (Å²) in [5.41, 5.74) is 1.12. The van der Waals surface area contributed by atoms with E-state index in [-0.39, 0.29) is 36.0 Å². The summed E-state index contributed by atoms with van der Waals surface area (Å²) in [5, 5.41) is 16.0. The predicted octanol–water partition coefficient (Wildman–Crippen LogP) is 1.55. The number of Topliss-reactive ketones (excluding diaryl/α,β-unsaturated/α-hetero) is 1. The van der Waals surface area contributed by atoms with Gasteiger partial charge >= 0.3 is 0 Å². The lowest BCUT2D eigenvalue weighted by atomic mass is 9.90. The van der Waals surface area contributed by atoms with Crippen LogP contribution in [-0.2, 0) is 14.4 Å². The average molecular weight is 523 g/mol. The number of aromatic amines is 1. The van der Waals surface area contributed by atoms with E-state index < -0.39 is 30.4 Å². The topological polar surface area (TPSA) is 141 Å². The van der Waals surface area contributed by atoms with Gasteiger partial charge in [0.1, 0.15) is 24.1 Å². The van der Waals surface area contributed by atoms with Crippen LogP contribution >= 0.6 is 0 Å². The number of ether oxygens (including phenoxy) is 1. The molecule has 4 N–H and O–H groups in total. The monoisotopic (exact) mass is 522 g/mol. The number of aromatic nitrogens is 1. The molecule has 0 radical (unpaired) electrons. The molecule has 0 saturated carbocycles. The fourth-order valence-electron chi connectivity index (χ4n) is 6.14. The molecule has 2 aromatic rings. The molecule has 2 saturated heterocycles. The first kappa shape index (κ1) is 26.0. The first-order valence-electron chi connectivity index (χ1n) is 13.3. The number of benzene rings is 1. The van der Waals surface area contributed by atoms with Crippen molar-refractivity contribution in [3.05, 3.63) is 42.1 Å². The molecule has 0 bridgehead atoms. The molecule has 10 heteroatoms. The Labute approximate surface area is 220 Å². The van der Waals surface area contributed by atoms with E-state index in [1.54, 1.807) is 18.1 Å². The van der Waals surface area contributed by atoms with Crippen molar-refractivity contribution in [3.8, 4) is 5.75 Å². The molecular formula is C28H34N4O6. The van der Waals surface area contributed by atoms with Crippen LogP contribution in [0.1, 0.15) is 42.6 Å². The third-order valence-electron chi connectivity index (χ3n) is 8.16. The number of carbonyl (C=O) groups is 4. The number of aliphatic hydroxyl groups excluding tert-OH is 1. The number of hydrogen-bond donors (Lipinski definition) is 4. The second-order valence-corrected chi connectivity index (χ2v) is 10.4. The van der Waals surface area contributed by atoms with E-state index in [1.807, 2.05) is 30.4 Å². The van der Waals surface area contributed by atoms with Gasteiger partial charge in [-0.1, -0.05) is 18.2 Å². The van der Waals surface area contributed by atoms with E-state index in [0.29, 0.717) is 37.4 Å². The number of aliphatic hydroxyl groups is 1. The Kier molecular flexibility index (Phi) is 7.51. The summed E-state index contributed by atoms with van der Waals surface area (Å²) in [5.74, 6) is -0.877. The fourth-order valence-corrected chi connectivity index (χ4v) is 6.14. The number of allylic oxidation sites excluding steroid dienone is 1. The van der Waals surface area contributed by atoms with E-state index in [2.05, 4.69) is 15.6 Å². The molecule has 0 spiro atoms. The molecule has 1 aromatic heterocycles. The fraction of sp³-hybridized carbons (Fsp3) is 0.500. The molecule has 2 aliphatic heterocycles. The van der Waals surface area contributed by atoms with E-state index >= 15 is 0 Å². The highest BCUT2D eigenvalue weighted by molar-refractivity contribution is 6.02. The Hall–Kier alpha value is -3.66. The number of hydrogen-bond acceptors (Lipinski definition) is 6. The standard InChI is InChI=1S/C28H34N4O6/c1-38-24-9-3-8-20-19(24)13-22(30-20)28(37)32-14-17-5-2-7-18(17)25(32)27(36)31-21(23(34)15-33)11-10-16-6-4-12-29-26(16)35/h2-3,5,8-9,13,16-18,21,25,30,33H,4,6-7,10-12,14-15H2,1H3,(H,29,35)(H,31,36)/t16-,17-,18-,21-,25-/m0/s1. The van der Waals surface area contributed by atoms with Gasteiger partial charge in [-0.15, -0.1) is 0 Å². The minimum absolute atomic E-state index is 0.0415. The van der Waals surface area contributed by atoms with Crippen LogP contribution in [0.25, 0.3) is 10.9 Å². The van der Waals surface area contributed by atoms with Gasteiger partial charge in [0.2, 0.25) is 11.8 Å². The summed E-state index contributed by atoms with van der Waals surface area (Å²) in [4.78, 5) is 56.9. The van der Waals surface area contributed by atoms with Crippen molar-refractivity contribution in [1.82, 2.24) is 20.5 Å². The van der Waals surface area contributed by atoms with Gasteiger partial charge < -0.3 is 30.4 Å². The van der Waals surface area contributed by atoms with Crippen LogP contribution in [0, 0.1) is 17.8 Å². The second kappa shape index (κ2) is 11.0. The van der Waals surface area contributed by atoms with E-state index in [0.717, 1.165) is 23.7 Å². The van der Waals surface area contributed by atoms with E-state index in [1.165, 1.54) is 0 Å². The van der Waals surface area contributed by atoms with Crippen molar-refractivity contribution in [2.24, 2.45) is 17.8 Å². The van der Waals surface area contributed by atoms with Gasteiger partial charge in [-0.25, -0.2) is 0 Å². The lowest BCUT2D eigenvalue weighted by molar-refractivity contribution is -0.132. The molecular weight excluding hydrogens is 488 g/mol. The number of fused-ring (bicyclic) bond motifs is 2. The number of carbonyl (C=O) groups excluding carboxylic acids is 4. The highest BCUT2D eigenvalue weighted by Crippen LogP contribution is 2.39. The minimum Gasteiger partial charge on any atom is -0.496 e. The lowest BCUT2D eigenvalue weighted by Crippen LogP contribution is -2.53. The highest BCUT2D eigenvalue weighted by Gasteiger charge is 2.48. The van der Waals surface area contributed by atoms with Gasteiger partial charge in [0.25, 0.3) is 5.91 Å². The number of piperidine rings is 1. The maximum absolute atomic E-state index is 13.7. The SMILES string of the molecule is COc1cccc2[nH]c(C(=O)N3C[C@@H]4C=CC[C@@H]4[C@H]3C(=O)N[C@@H](CC[C@@H]3CCCNC3=O)C(=O)CO)cc12. The zero-order valence-electron chi connectivity index (χ0n) is 21.4. The number of H-pyrrole nitrogens is 1. The van der Waals surface area contributed by atoms with Gasteiger partial charge in [0.15, 0.2) is 5.78 Å². The molecule has 1 aliphatic carbocycles. The molecule has 5 atom stereocenters. The normalized spacial score (nSPS) is 25.2.